The van der Waals surface area contributed by atoms with Crippen LogP contribution in [0.1, 0.15) is 11.1 Å². The average molecular weight is 270 g/mol. The van der Waals surface area contributed by atoms with Gasteiger partial charge in [0.05, 0.1) is 25.4 Å². The van der Waals surface area contributed by atoms with Crippen molar-refractivity contribution >= 4 is 17.2 Å². The van der Waals surface area contributed by atoms with E-state index < -0.39 is 0 Å². The smallest absolute Gasteiger partial charge is 0.224 e. The number of aromatic nitrogens is 1. The van der Waals surface area contributed by atoms with E-state index in [4.69, 9.17) is 32.2 Å². The van der Waals surface area contributed by atoms with E-state index in [0.717, 1.165) is 5.56 Å². The number of aryl methyl sites for hydroxylation is 1. The number of hydrogen-bond acceptors (Lipinski definition) is 5. The maximum absolute atomic E-state index is 5.65. The molecule has 1 aromatic rings. The molecule has 0 aliphatic rings. The van der Waals surface area contributed by atoms with Crippen LogP contribution in [0.3, 0.4) is 0 Å². The molecule has 5 nitrogen and oxygen atoms in total. The number of pyridine rings is 1. The third-order valence-corrected chi connectivity index (χ3v) is 2.47. The first-order valence-electron chi connectivity index (χ1n) is 5.61. The monoisotopic (exact) mass is 270 g/mol. The highest BCUT2D eigenvalue weighted by molar-refractivity contribution is 7.80. The quantitative estimate of drug-likeness (QED) is 0.563. The fourth-order valence-electron chi connectivity index (χ4n) is 1.38. The predicted molar refractivity (Wildman–Crippen MR) is 73.1 cm³/mol. The van der Waals surface area contributed by atoms with Crippen molar-refractivity contribution in [2.24, 2.45) is 5.73 Å². The molecule has 0 saturated heterocycles. The van der Waals surface area contributed by atoms with E-state index in [0.29, 0.717) is 37.9 Å². The van der Waals surface area contributed by atoms with Crippen LogP contribution in [0, 0.1) is 6.92 Å². The van der Waals surface area contributed by atoms with Crippen molar-refractivity contribution in [3.05, 3.63) is 23.4 Å². The highest BCUT2D eigenvalue weighted by atomic mass is 32.1. The highest BCUT2D eigenvalue weighted by Gasteiger charge is 2.10. The maximum Gasteiger partial charge on any atom is 0.224 e. The fraction of sp³-hybridized carbons (Fsp3) is 0.500. The summed E-state index contributed by atoms with van der Waals surface area (Å²) in [6.45, 7) is 3.90. The van der Waals surface area contributed by atoms with Crippen molar-refractivity contribution in [3.8, 4) is 5.88 Å². The van der Waals surface area contributed by atoms with Crippen molar-refractivity contribution < 1.29 is 14.2 Å². The van der Waals surface area contributed by atoms with Gasteiger partial charge < -0.3 is 19.9 Å². The first kappa shape index (κ1) is 14.8. The molecule has 1 heterocycles. The molecule has 0 bridgehead atoms. The Bertz CT molecular complexity index is 399. The molecule has 0 radical (unpaired) electrons. The van der Waals surface area contributed by atoms with Gasteiger partial charge in [-0.2, -0.15) is 0 Å². The van der Waals surface area contributed by atoms with Crippen LogP contribution in [0.25, 0.3) is 0 Å². The summed E-state index contributed by atoms with van der Waals surface area (Å²) in [5.41, 5.74) is 7.29. The number of rotatable bonds is 8. The maximum atomic E-state index is 5.65. The summed E-state index contributed by atoms with van der Waals surface area (Å²) in [6, 6.07) is 1.84. The summed E-state index contributed by atoms with van der Waals surface area (Å²) in [6.07, 6.45) is 1.66. The van der Waals surface area contributed by atoms with E-state index in [9.17, 15) is 0 Å². The minimum Gasteiger partial charge on any atom is -0.475 e. The zero-order valence-electron chi connectivity index (χ0n) is 10.6. The molecule has 18 heavy (non-hydrogen) atoms. The number of nitrogens with two attached hydrogens (primary N) is 1. The first-order chi connectivity index (χ1) is 8.66. The highest BCUT2D eigenvalue weighted by Crippen LogP contribution is 2.18. The molecule has 0 amide bonds. The van der Waals surface area contributed by atoms with Crippen LogP contribution in [-0.4, -0.2) is 43.5 Å². The Hall–Kier alpha value is -1.24. The van der Waals surface area contributed by atoms with Gasteiger partial charge in [0, 0.05) is 13.3 Å². The second-order valence-corrected chi connectivity index (χ2v) is 4.07. The lowest BCUT2D eigenvalue weighted by Gasteiger charge is -2.11. The lowest BCUT2D eigenvalue weighted by molar-refractivity contribution is 0.0536. The van der Waals surface area contributed by atoms with Crippen LogP contribution in [0.5, 0.6) is 5.88 Å². The largest absolute Gasteiger partial charge is 0.475 e. The third kappa shape index (κ3) is 4.56. The molecule has 1 aromatic heterocycles. The Labute approximate surface area is 112 Å². The summed E-state index contributed by atoms with van der Waals surface area (Å²) in [5.74, 6) is 0.456. The van der Waals surface area contributed by atoms with Gasteiger partial charge in [0.1, 0.15) is 11.6 Å². The van der Waals surface area contributed by atoms with Gasteiger partial charge >= 0.3 is 0 Å². The molecule has 0 spiro atoms. The minimum atomic E-state index is 0.288. The molecule has 0 fully saturated rings. The SMILES string of the molecule is COCCOCCOc1nccc(C)c1C(N)=S. The molecule has 0 unspecified atom stereocenters. The van der Waals surface area contributed by atoms with Gasteiger partial charge in [-0.05, 0) is 18.6 Å². The molecule has 6 heteroatoms. The standard InChI is InChI=1S/C12H18N2O3S/c1-9-3-4-14-12(10(9)11(13)18)17-8-7-16-6-5-15-2/h3-4H,5-8H2,1-2H3,(H2,13,18). The van der Waals surface area contributed by atoms with Crippen LogP contribution in [-0.2, 0) is 9.47 Å². The van der Waals surface area contributed by atoms with E-state index in [1.165, 1.54) is 0 Å². The van der Waals surface area contributed by atoms with Gasteiger partial charge in [-0.1, -0.05) is 12.2 Å². The Balaban J connectivity index is 2.47. The molecule has 0 aromatic carbocycles. The van der Waals surface area contributed by atoms with Crippen molar-refractivity contribution in [2.75, 3.05) is 33.5 Å². The van der Waals surface area contributed by atoms with Crippen molar-refractivity contribution in [1.29, 1.82) is 0 Å². The number of methoxy groups -OCH3 is 1. The first-order valence-corrected chi connectivity index (χ1v) is 6.02. The van der Waals surface area contributed by atoms with E-state index in [-0.39, 0.29) is 4.99 Å². The molecule has 0 aliphatic heterocycles. The van der Waals surface area contributed by atoms with Gasteiger partial charge in [0.15, 0.2) is 0 Å². The normalized spacial score (nSPS) is 10.3. The summed E-state index contributed by atoms with van der Waals surface area (Å²) in [7, 11) is 1.63. The predicted octanol–water partition coefficient (Wildman–Crippen LogP) is 1.07. The summed E-state index contributed by atoms with van der Waals surface area (Å²) in [4.78, 5) is 4.41. The Morgan fingerprint density at radius 2 is 2.06 bits per heavy atom. The minimum absolute atomic E-state index is 0.288. The van der Waals surface area contributed by atoms with Gasteiger partial charge in [-0.25, -0.2) is 4.98 Å². The van der Waals surface area contributed by atoms with E-state index >= 15 is 0 Å². The van der Waals surface area contributed by atoms with Gasteiger partial charge in [0.25, 0.3) is 0 Å². The average Bonchev–Trinajstić information content (AvgIpc) is 2.33. The molecular weight excluding hydrogens is 252 g/mol. The van der Waals surface area contributed by atoms with E-state index in [1.807, 2.05) is 13.0 Å². The second-order valence-electron chi connectivity index (χ2n) is 3.63. The number of thiocarbonyl (C=S) groups is 1. The molecule has 0 atom stereocenters. The Kier molecular flexibility index (Phi) is 6.56. The molecule has 2 N–H and O–H groups in total. The van der Waals surface area contributed by atoms with Crippen molar-refractivity contribution in [1.82, 2.24) is 4.98 Å². The van der Waals surface area contributed by atoms with Crippen molar-refractivity contribution in [3.63, 3.8) is 0 Å². The Morgan fingerprint density at radius 1 is 1.33 bits per heavy atom. The molecule has 100 valence electrons. The number of ether oxygens (including phenoxy) is 3. The van der Waals surface area contributed by atoms with Crippen LogP contribution in [0.15, 0.2) is 12.3 Å². The zero-order chi connectivity index (χ0) is 13.4. The van der Waals surface area contributed by atoms with Crippen LogP contribution >= 0.6 is 12.2 Å². The third-order valence-electron chi connectivity index (χ3n) is 2.27. The Morgan fingerprint density at radius 3 is 2.72 bits per heavy atom. The summed E-state index contributed by atoms with van der Waals surface area (Å²) < 4.78 is 15.7. The second kappa shape index (κ2) is 7.97. The molecule has 0 saturated carbocycles. The van der Waals surface area contributed by atoms with Crippen LogP contribution < -0.4 is 10.5 Å². The van der Waals surface area contributed by atoms with E-state index in [2.05, 4.69) is 4.98 Å². The zero-order valence-corrected chi connectivity index (χ0v) is 11.5. The lowest BCUT2D eigenvalue weighted by atomic mass is 10.1. The summed E-state index contributed by atoms with van der Waals surface area (Å²) in [5, 5.41) is 0. The van der Waals surface area contributed by atoms with Crippen LogP contribution in [0.4, 0.5) is 0 Å². The number of hydrogen-bond donors (Lipinski definition) is 1. The summed E-state index contributed by atoms with van der Waals surface area (Å²) >= 11 is 4.98. The fourth-order valence-corrected chi connectivity index (χ4v) is 1.63. The van der Waals surface area contributed by atoms with Gasteiger partial charge in [-0.15, -0.1) is 0 Å². The van der Waals surface area contributed by atoms with Crippen LogP contribution in [0.2, 0.25) is 0 Å². The molecule has 1 rings (SSSR count). The molecular formula is C12H18N2O3S. The van der Waals surface area contributed by atoms with Gasteiger partial charge in [0.2, 0.25) is 5.88 Å². The lowest BCUT2D eigenvalue weighted by Crippen LogP contribution is -2.16. The van der Waals surface area contributed by atoms with E-state index in [1.54, 1.807) is 13.3 Å². The van der Waals surface area contributed by atoms with Crippen molar-refractivity contribution in [2.45, 2.75) is 6.92 Å². The van der Waals surface area contributed by atoms with Gasteiger partial charge in [-0.3, -0.25) is 0 Å². The molecule has 0 aliphatic carbocycles. The number of nitrogens with zero attached hydrogens (tertiary/aromatic N) is 1. The topological polar surface area (TPSA) is 66.6 Å².